The Balaban J connectivity index is 0.000000191. The van der Waals surface area contributed by atoms with E-state index in [1.165, 1.54) is 12.7 Å². The van der Waals surface area contributed by atoms with E-state index in [9.17, 15) is 29.5 Å². The van der Waals surface area contributed by atoms with E-state index in [1.54, 1.807) is 126 Å². The lowest BCUT2D eigenvalue weighted by Crippen LogP contribution is -2.49. The van der Waals surface area contributed by atoms with Crippen molar-refractivity contribution in [3.8, 4) is 35.1 Å². The third kappa shape index (κ3) is 23.9. The second-order valence-corrected chi connectivity index (χ2v) is 43.3. The van der Waals surface area contributed by atoms with Crippen LogP contribution in [0.5, 0.6) is 23.0 Å². The number of carbonyl (C=O) groups is 4. The van der Waals surface area contributed by atoms with Gasteiger partial charge in [0.05, 0.1) is 98.7 Å². The van der Waals surface area contributed by atoms with Gasteiger partial charge >= 0.3 is 11.9 Å². The number of rotatable bonds is 41. The molecule has 764 valence electrons. The second-order valence-electron chi connectivity index (χ2n) is 39.3. The molecule has 0 spiro atoms. The van der Waals surface area contributed by atoms with E-state index in [0.717, 1.165) is 33.4 Å². The molecule has 4 aromatic heterocycles. The van der Waals surface area contributed by atoms with Gasteiger partial charge in [-0.2, -0.15) is 10.5 Å². The van der Waals surface area contributed by atoms with Crippen LogP contribution in [0, 0.1) is 34.5 Å². The zero-order valence-corrected chi connectivity index (χ0v) is 87.7. The van der Waals surface area contributed by atoms with Crippen molar-refractivity contribution in [2.75, 3.05) is 77.8 Å². The number of amides is 2. The summed E-state index contributed by atoms with van der Waals surface area (Å²) in [5, 5.41) is 35.9. The topological polar surface area (TPSA) is 374 Å². The highest BCUT2D eigenvalue weighted by Gasteiger charge is 2.66. The fraction of sp³-hybridized carbons (Fsp3) is 0.423. The number of fused-ring (bicyclic) bond motifs is 6. The summed E-state index contributed by atoms with van der Waals surface area (Å²) in [4.78, 5) is 79.9. The Morgan fingerprint density at radius 1 is 0.455 bits per heavy atom. The average Bonchev–Trinajstić information content (AvgIpc) is 1.56. The van der Waals surface area contributed by atoms with Gasteiger partial charge in [0, 0.05) is 35.3 Å². The lowest BCUT2D eigenvalue weighted by molar-refractivity contribution is -0.202. The lowest BCUT2D eigenvalue weighted by atomic mass is 9.79. The van der Waals surface area contributed by atoms with E-state index >= 15 is 0 Å². The molecule has 8 heterocycles. The molecule has 0 saturated carbocycles. The summed E-state index contributed by atoms with van der Waals surface area (Å²) in [6.07, 6.45) is 1.39. The van der Waals surface area contributed by atoms with Crippen molar-refractivity contribution in [3.05, 3.63) is 288 Å². The van der Waals surface area contributed by atoms with Crippen LogP contribution in [0.3, 0.4) is 0 Å². The van der Waals surface area contributed by atoms with Crippen molar-refractivity contribution < 1.29 is 85.7 Å². The zero-order chi connectivity index (χ0) is 104. The number of hydrogen-bond donors (Lipinski definition) is 3. The molecule has 4 fully saturated rings. The molecule has 4 aliphatic rings. The third-order valence-electron chi connectivity index (χ3n) is 26.2. The van der Waals surface area contributed by atoms with Gasteiger partial charge in [-0.3, -0.25) is 37.7 Å². The molecule has 16 rings (SSSR count). The highest BCUT2D eigenvalue weighted by molar-refractivity contribution is 7.57. The maximum atomic E-state index is 14.0. The summed E-state index contributed by atoms with van der Waals surface area (Å²) in [5.41, 5.74) is 1.31. The van der Waals surface area contributed by atoms with Gasteiger partial charge in [-0.15, -0.1) is 0 Å². The van der Waals surface area contributed by atoms with Gasteiger partial charge in [0.15, 0.2) is 46.4 Å². The zero-order valence-electron chi connectivity index (χ0n) is 85.9. The summed E-state index contributed by atoms with van der Waals surface area (Å²) >= 11 is 0. The van der Waals surface area contributed by atoms with Gasteiger partial charge < -0.3 is 77.1 Å². The van der Waals surface area contributed by atoms with Crippen molar-refractivity contribution in [2.24, 2.45) is 11.8 Å². The normalized spacial score (nSPS) is 19.1. The molecular weight excluding hydrogens is 1880 g/mol. The largest absolute Gasteiger partial charge is 0.497 e. The first kappa shape index (κ1) is 108. The molecule has 6 unspecified atom stereocenters. The predicted molar refractivity (Wildman–Crippen MR) is 554 cm³/mol. The fourth-order valence-corrected chi connectivity index (χ4v) is 25.6. The molecular formula is C111H132N14O18P2. The second kappa shape index (κ2) is 47.3. The molecule has 3 N–H and O–H groups in total. The first-order valence-corrected chi connectivity index (χ1v) is 51.7. The molecule has 145 heavy (non-hydrogen) atoms. The minimum Gasteiger partial charge on any atom is -0.497 e. The van der Waals surface area contributed by atoms with Crippen molar-refractivity contribution in [1.29, 1.82) is 10.5 Å². The summed E-state index contributed by atoms with van der Waals surface area (Å²) in [6, 6.07) is 73.5. The summed E-state index contributed by atoms with van der Waals surface area (Å²) < 4.78 is 90.9. The standard InChI is InChI=1S/C52H58N7O9P.C39H35N5O7.C20H39N2O2P/c1-34(2)59(35(3)4)69(29-42(60)66-50(5,6)27-28-53)68-45-44-49(58-33-56-43-46(54-32-55-47(43)58)57-48(61)36-15-11-9-12-16-36)67-51(45,30-64-44)31-65-52(37-17-13-10-14-18-37,38-19-23-40(62-7)24-20-38)39-21-25-41(63-8)26-22-39;1-47-29-17-13-27(14-18-29)39(26-11-7-4-8-12-26,28-15-19-30(48-2)20-16-28)50-22-38-21-49-32(33(38)45)37(51-38)44-24-42-31-34(40-23-41-35(31)44)43-36(46)25-9-5-3-6-10-25;1-14(2)19(15(3)4)25(22(16(5)6)17(7)8)13-18(23)24-20(9,10)11-12-21/h9-26,32-35,44-45,49H,27,29-31H2,1-8H3,(H,54,55,57,61);3-20,23-24,32-33,37,45H,21-22H2,1-2H3,(H,40,41,43,46);14-17,19H,11,13H2,1-10H3/t44?,45?,49-,51-,69?;32?,33?,37-,38-;/m11./s1. The third-order valence-corrected chi connectivity index (χ3v) is 32.6. The van der Waals surface area contributed by atoms with Crippen LogP contribution in [0.25, 0.3) is 22.3 Å². The number of anilines is 2. The van der Waals surface area contributed by atoms with E-state index in [1.807, 2.05) is 170 Å². The van der Waals surface area contributed by atoms with Crippen LogP contribution in [-0.4, -0.2) is 221 Å². The number of hydrogen-bond acceptors (Lipinski definition) is 28. The van der Waals surface area contributed by atoms with Gasteiger partial charge in [0.2, 0.25) is 0 Å². The van der Waals surface area contributed by atoms with Gasteiger partial charge in [0.25, 0.3) is 11.8 Å². The van der Waals surface area contributed by atoms with Gasteiger partial charge in [-0.25, -0.2) is 29.9 Å². The summed E-state index contributed by atoms with van der Waals surface area (Å²) in [5.74, 6) is 2.90. The number of nitriles is 2. The van der Waals surface area contributed by atoms with Crippen LogP contribution in [0.4, 0.5) is 11.6 Å². The number of methoxy groups -OCH3 is 4. The molecule has 32 nitrogen and oxygen atoms in total. The number of esters is 2. The van der Waals surface area contributed by atoms with Crippen molar-refractivity contribution in [2.45, 2.75) is 224 Å². The fourth-order valence-electron chi connectivity index (χ4n) is 19.8. The van der Waals surface area contributed by atoms with Crippen LogP contribution in [0.15, 0.2) is 244 Å². The molecule has 0 radical (unpaired) electrons. The highest BCUT2D eigenvalue weighted by Crippen LogP contribution is 2.59. The van der Waals surface area contributed by atoms with E-state index in [-0.39, 0.29) is 86.9 Å². The molecule has 4 bridgehead atoms. The maximum absolute atomic E-state index is 14.0. The number of nitrogens with zero attached hydrogens (tertiary/aromatic N) is 12. The quantitative estimate of drug-likeness (QED) is 0.0182. The minimum atomic E-state index is -1.76. The molecule has 34 heteroatoms. The maximum Gasteiger partial charge on any atom is 0.314 e. The Kier molecular flexibility index (Phi) is 35.2. The van der Waals surface area contributed by atoms with Gasteiger partial charge in [-0.1, -0.05) is 173 Å². The first-order chi connectivity index (χ1) is 69.5. The summed E-state index contributed by atoms with van der Waals surface area (Å²) in [7, 11) is 4.08. The Bertz CT molecular complexity index is 6280. The molecule has 0 aliphatic carbocycles. The van der Waals surface area contributed by atoms with Crippen molar-refractivity contribution >= 4 is 74.1 Å². The number of ether oxygens (including phenoxy) is 12. The number of nitrogens with one attached hydrogen (secondary N) is 2. The number of aliphatic hydroxyl groups is 1. The minimum absolute atomic E-state index is 0.0235. The highest BCUT2D eigenvalue weighted by atomic mass is 31.2. The Labute approximate surface area is 850 Å². The van der Waals surface area contributed by atoms with Crippen molar-refractivity contribution in [1.82, 2.24) is 48.4 Å². The number of aliphatic hydroxyl groups excluding tert-OH is 1. The van der Waals surface area contributed by atoms with Crippen LogP contribution >= 0.6 is 16.4 Å². The Morgan fingerprint density at radius 3 is 1.16 bits per heavy atom. The van der Waals surface area contributed by atoms with Crippen LogP contribution in [0.2, 0.25) is 0 Å². The van der Waals surface area contributed by atoms with Crippen LogP contribution in [0.1, 0.15) is 190 Å². The summed E-state index contributed by atoms with van der Waals surface area (Å²) in [6.45, 7) is 33.2. The van der Waals surface area contributed by atoms with Crippen LogP contribution in [-0.2, 0) is 63.2 Å². The monoisotopic (exact) mass is 2010 g/mol. The van der Waals surface area contributed by atoms with Crippen LogP contribution < -0.4 is 29.6 Å². The lowest BCUT2D eigenvalue weighted by Gasteiger charge is -2.45. The van der Waals surface area contributed by atoms with E-state index < -0.39 is 92.8 Å². The Morgan fingerprint density at radius 2 is 0.793 bits per heavy atom. The number of benzene rings is 8. The molecule has 12 aromatic rings. The smallest absolute Gasteiger partial charge is 0.314 e. The number of imidazole rings is 2. The molecule has 4 aliphatic heterocycles. The SMILES string of the molecule is CC(C)C(C(C)C)P(CC(=O)OC(C)(C)CC#N)N(C(C)C)C(C)C.COc1ccc(C(OC[C@]23COC(C2O)[C@H](n2cnc4c(NC(=O)c5ccccc5)ncnc42)O3)(c2ccccc2)c2ccc(OC)cc2)cc1.COc1ccc(C(OC[C@]23COC(C2OP(CC(=O)OC(C)(C)CC#N)N(C(C)C)C(C)C)[C@H](n2cnc4c(NC(=O)c5ccccc5)ncnc42)O3)(c2ccccc2)c2ccc(OC)cc2)cc1. The van der Waals surface area contributed by atoms with Gasteiger partial charge in [-0.05, 0) is 215 Å². The molecule has 4 saturated heterocycles. The van der Waals surface area contributed by atoms with Gasteiger partial charge in [0.1, 0.15) is 108 Å². The molecule has 2 amide bonds. The molecule has 8 aromatic carbocycles. The average molecular weight is 2010 g/mol. The predicted octanol–water partition coefficient (Wildman–Crippen LogP) is 19.4. The van der Waals surface area contributed by atoms with Crippen molar-refractivity contribution in [3.63, 3.8) is 0 Å². The Hall–Kier alpha value is -12.6. The number of carbonyl (C=O) groups excluding carboxylic acids is 4. The first-order valence-electron chi connectivity index (χ1n) is 48.8. The van der Waals surface area contributed by atoms with E-state index in [0.29, 0.717) is 92.2 Å². The van der Waals surface area contributed by atoms with E-state index in [2.05, 4.69) is 140 Å². The molecule has 10 atom stereocenters. The number of aromatic nitrogens is 8. The van der Waals surface area contributed by atoms with E-state index in [4.69, 9.17) is 71.6 Å².